The zero-order valence-corrected chi connectivity index (χ0v) is 9.75. The van der Waals surface area contributed by atoms with Crippen LogP contribution < -0.4 is 11.1 Å². The third-order valence-corrected chi connectivity index (χ3v) is 2.50. The molecule has 0 saturated carbocycles. The van der Waals surface area contributed by atoms with Crippen molar-refractivity contribution in [3.8, 4) is 0 Å². The molecule has 3 N–H and O–H groups in total. The van der Waals surface area contributed by atoms with Crippen LogP contribution in [-0.4, -0.2) is 11.9 Å². The lowest BCUT2D eigenvalue weighted by molar-refractivity contribution is -0.116. The maximum atomic E-state index is 11.6. The maximum absolute atomic E-state index is 11.6. The molecule has 1 aliphatic carbocycles. The molecule has 0 radical (unpaired) electrons. The molecule has 4 heteroatoms. The van der Waals surface area contributed by atoms with Gasteiger partial charge in [-0.15, -0.1) is 0 Å². The molecule has 0 fully saturated rings. The topological polar surface area (TPSA) is 72.2 Å². The molecule has 0 bridgehead atoms. The maximum Gasteiger partial charge on any atom is 0.319 e. The monoisotopic (exact) mass is 222 g/mol. The molecule has 4 nitrogen and oxygen atoms in total. The third-order valence-electron chi connectivity index (χ3n) is 2.50. The lowest BCUT2D eigenvalue weighted by Crippen LogP contribution is -2.36. The summed E-state index contributed by atoms with van der Waals surface area (Å²) in [5.41, 5.74) is 6.53. The number of hydrogen-bond donors (Lipinski definition) is 2. The summed E-state index contributed by atoms with van der Waals surface area (Å²) in [7, 11) is 0. The van der Waals surface area contributed by atoms with Crippen LogP contribution in [0.3, 0.4) is 0 Å². The van der Waals surface area contributed by atoms with E-state index in [4.69, 9.17) is 5.73 Å². The minimum absolute atomic E-state index is 0.389. The zero-order chi connectivity index (χ0) is 12.1. The van der Waals surface area contributed by atoms with Crippen LogP contribution in [0.25, 0.3) is 0 Å². The average molecular weight is 222 g/mol. The van der Waals surface area contributed by atoms with Gasteiger partial charge in [0.25, 0.3) is 5.91 Å². The summed E-state index contributed by atoms with van der Waals surface area (Å²) in [6.45, 7) is 4.28. The Morgan fingerprint density at radius 1 is 1.44 bits per heavy atom. The van der Waals surface area contributed by atoms with Crippen molar-refractivity contribution in [1.82, 2.24) is 5.32 Å². The first-order chi connectivity index (χ1) is 7.50. The Kier molecular flexibility index (Phi) is 4.28. The zero-order valence-electron chi connectivity index (χ0n) is 9.75. The summed E-state index contributed by atoms with van der Waals surface area (Å²) in [4.78, 5) is 22.2. The first-order valence-electron chi connectivity index (χ1n) is 5.51. The normalized spacial score (nSPS) is 14.7. The van der Waals surface area contributed by atoms with E-state index in [1.807, 2.05) is 12.2 Å². The SMILES string of the molecule is CC(C)CCC1=CCC=C1C(=O)NC(N)=O. The van der Waals surface area contributed by atoms with Crippen LogP contribution in [0.15, 0.2) is 23.3 Å². The van der Waals surface area contributed by atoms with E-state index in [-0.39, 0.29) is 5.91 Å². The van der Waals surface area contributed by atoms with Gasteiger partial charge in [-0.2, -0.15) is 0 Å². The van der Waals surface area contributed by atoms with Crippen molar-refractivity contribution in [2.24, 2.45) is 11.7 Å². The number of carbonyl (C=O) groups is 2. The smallest absolute Gasteiger partial charge is 0.319 e. The van der Waals surface area contributed by atoms with E-state index in [9.17, 15) is 9.59 Å². The average Bonchev–Trinajstić information content (AvgIpc) is 2.61. The molecule has 3 amide bonds. The highest BCUT2D eigenvalue weighted by Crippen LogP contribution is 2.25. The van der Waals surface area contributed by atoms with Crippen molar-refractivity contribution in [2.75, 3.05) is 0 Å². The van der Waals surface area contributed by atoms with Crippen LogP contribution in [0.4, 0.5) is 4.79 Å². The fourth-order valence-corrected chi connectivity index (χ4v) is 1.66. The predicted octanol–water partition coefficient (Wildman–Crippen LogP) is 1.87. The van der Waals surface area contributed by atoms with Crippen LogP contribution in [0, 0.1) is 5.92 Å². The number of urea groups is 1. The van der Waals surface area contributed by atoms with E-state index in [2.05, 4.69) is 19.2 Å². The number of nitrogens with two attached hydrogens (primary N) is 1. The second-order valence-corrected chi connectivity index (χ2v) is 4.33. The summed E-state index contributed by atoms with van der Waals surface area (Å²) in [6, 6.07) is -0.805. The highest BCUT2D eigenvalue weighted by atomic mass is 16.2. The molecule has 0 saturated heterocycles. The summed E-state index contributed by atoms with van der Waals surface area (Å²) < 4.78 is 0. The number of hydrogen-bond acceptors (Lipinski definition) is 2. The van der Waals surface area contributed by atoms with Gasteiger partial charge < -0.3 is 5.73 Å². The molecule has 0 aromatic carbocycles. The van der Waals surface area contributed by atoms with Crippen LogP contribution in [0.1, 0.15) is 33.1 Å². The molecule has 0 aliphatic heterocycles. The highest BCUT2D eigenvalue weighted by molar-refractivity contribution is 6.06. The van der Waals surface area contributed by atoms with E-state index < -0.39 is 6.03 Å². The van der Waals surface area contributed by atoms with Gasteiger partial charge in [0, 0.05) is 5.57 Å². The molecule has 1 rings (SSSR count). The number of amides is 3. The van der Waals surface area contributed by atoms with Crippen molar-refractivity contribution < 1.29 is 9.59 Å². The highest BCUT2D eigenvalue weighted by Gasteiger charge is 2.18. The van der Waals surface area contributed by atoms with Crippen molar-refractivity contribution in [2.45, 2.75) is 33.1 Å². The Labute approximate surface area is 95.6 Å². The minimum Gasteiger partial charge on any atom is -0.351 e. The fraction of sp³-hybridized carbons (Fsp3) is 0.500. The lowest BCUT2D eigenvalue weighted by atomic mass is 9.99. The van der Waals surface area contributed by atoms with Gasteiger partial charge in [-0.1, -0.05) is 26.0 Å². The first-order valence-corrected chi connectivity index (χ1v) is 5.51. The van der Waals surface area contributed by atoms with E-state index in [0.717, 1.165) is 24.8 Å². The molecular weight excluding hydrogens is 204 g/mol. The number of nitrogens with one attached hydrogen (secondary N) is 1. The van der Waals surface area contributed by atoms with Gasteiger partial charge in [0.1, 0.15) is 0 Å². The van der Waals surface area contributed by atoms with Crippen LogP contribution in [-0.2, 0) is 4.79 Å². The molecule has 88 valence electrons. The molecule has 1 aliphatic rings. The van der Waals surface area contributed by atoms with Gasteiger partial charge >= 0.3 is 6.03 Å². The lowest BCUT2D eigenvalue weighted by Gasteiger charge is -2.09. The molecule has 0 unspecified atom stereocenters. The van der Waals surface area contributed by atoms with Gasteiger partial charge in [0.05, 0.1) is 0 Å². The van der Waals surface area contributed by atoms with Gasteiger partial charge in [0.2, 0.25) is 0 Å². The van der Waals surface area contributed by atoms with Gasteiger partial charge in [-0.05, 0) is 30.8 Å². The second kappa shape index (κ2) is 5.49. The third kappa shape index (κ3) is 3.53. The predicted molar refractivity (Wildman–Crippen MR) is 62.6 cm³/mol. The van der Waals surface area contributed by atoms with Gasteiger partial charge in [-0.25, -0.2) is 4.79 Å². The van der Waals surface area contributed by atoms with E-state index >= 15 is 0 Å². The molecule has 16 heavy (non-hydrogen) atoms. The van der Waals surface area contributed by atoms with Crippen molar-refractivity contribution in [3.05, 3.63) is 23.3 Å². The summed E-state index contributed by atoms with van der Waals surface area (Å²) in [5.74, 6) is 0.210. The Balaban J connectivity index is 2.57. The van der Waals surface area contributed by atoms with Crippen molar-refractivity contribution >= 4 is 11.9 Å². The Hall–Kier alpha value is -1.58. The standard InChI is InChI=1S/C12H18N2O2/c1-8(2)6-7-9-4-3-5-10(9)11(15)14-12(13)16/h4-5,8H,3,6-7H2,1-2H3,(H3,13,14,15,16). The number of rotatable bonds is 4. The van der Waals surface area contributed by atoms with Gasteiger partial charge in [-0.3, -0.25) is 10.1 Å². The van der Waals surface area contributed by atoms with Gasteiger partial charge in [0.15, 0.2) is 0 Å². The van der Waals surface area contributed by atoms with E-state index in [1.165, 1.54) is 0 Å². The van der Waals surface area contributed by atoms with Crippen LogP contribution in [0.5, 0.6) is 0 Å². The Bertz CT molecular complexity index is 354. The van der Waals surface area contributed by atoms with Crippen LogP contribution in [0.2, 0.25) is 0 Å². The second-order valence-electron chi connectivity index (χ2n) is 4.33. The molecule has 0 atom stereocenters. The van der Waals surface area contributed by atoms with E-state index in [1.54, 1.807) is 0 Å². The summed E-state index contributed by atoms with van der Waals surface area (Å²) >= 11 is 0. The number of primary amides is 1. The quantitative estimate of drug-likeness (QED) is 0.762. The molecule has 0 heterocycles. The number of carbonyl (C=O) groups excluding carboxylic acids is 2. The van der Waals surface area contributed by atoms with E-state index in [0.29, 0.717) is 11.5 Å². The first kappa shape index (κ1) is 12.5. The number of imide groups is 1. The van der Waals surface area contributed by atoms with Crippen molar-refractivity contribution in [3.63, 3.8) is 0 Å². The Morgan fingerprint density at radius 3 is 2.69 bits per heavy atom. The molecular formula is C12H18N2O2. The molecule has 0 spiro atoms. The molecule has 0 aromatic rings. The van der Waals surface area contributed by atoms with Crippen molar-refractivity contribution in [1.29, 1.82) is 0 Å². The van der Waals surface area contributed by atoms with Crippen LogP contribution >= 0.6 is 0 Å². The summed E-state index contributed by atoms with van der Waals surface area (Å²) in [6.07, 6.45) is 6.52. The Morgan fingerprint density at radius 2 is 2.12 bits per heavy atom. The minimum atomic E-state index is -0.805. The fourth-order valence-electron chi connectivity index (χ4n) is 1.66. The molecule has 0 aromatic heterocycles. The number of allylic oxidation sites excluding steroid dienone is 2. The summed E-state index contributed by atoms with van der Waals surface area (Å²) in [5, 5.41) is 2.09. The largest absolute Gasteiger partial charge is 0.351 e.